The summed E-state index contributed by atoms with van der Waals surface area (Å²) in [7, 11) is 1.62. The van der Waals surface area contributed by atoms with E-state index in [9.17, 15) is 18.0 Å². The van der Waals surface area contributed by atoms with Crippen molar-refractivity contribution in [1.29, 1.82) is 0 Å². The lowest BCUT2D eigenvalue weighted by Gasteiger charge is -2.21. The third kappa shape index (κ3) is 5.60. The van der Waals surface area contributed by atoms with Gasteiger partial charge < -0.3 is 5.32 Å². The maximum Gasteiger partial charge on any atom is 0.416 e. The second kappa shape index (κ2) is 8.16. The molecule has 0 aliphatic rings. The van der Waals surface area contributed by atoms with Crippen LogP contribution in [-0.2, 0) is 17.5 Å². The zero-order chi connectivity index (χ0) is 18.4. The van der Waals surface area contributed by atoms with Gasteiger partial charge in [-0.15, -0.1) is 0 Å². The van der Waals surface area contributed by atoms with Crippen molar-refractivity contribution in [2.24, 2.45) is 0 Å². The summed E-state index contributed by atoms with van der Waals surface area (Å²) in [5.41, 5.74) is 0.460. The molecular weight excluding hydrogens is 329 g/mol. The van der Waals surface area contributed by atoms with Crippen LogP contribution in [0.5, 0.6) is 0 Å². The minimum atomic E-state index is -4.40. The summed E-state index contributed by atoms with van der Waals surface area (Å²) in [4.78, 5) is 13.7. The van der Waals surface area contributed by atoms with Gasteiger partial charge in [0.25, 0.3) is 0 Å². The average molecular weight is 350 g/mol. The van der Waals surface area contributed by atoms with Gasteiger partial charge in [0.1, 0.15) is 0 Å². The van der Waals surface area contributed by atoms with E-state index in [-0.39, 0.29) is 30.6 Å². The molecule has 0 spiro atoms. The molecule has 3 nitrogen and oxygen atoms in total. The van der Waals surface area contributed by atoms with Crippen LogP contribution in [0.1, 0.15) is 29.7 Å². The van der Waals surface area contributed by atoms with E-state index >= 15 is 0 Å². The van der Waals surface area contributed by atoms with Crippen molar-refractivity contribution in [3.8, 4) is 0 Å². The number of carbonyl (C=O) groups excluding carboxylic acids is 1. The van der Waals surface area contributed by atoms with Crippen LogP contribution in [0, 0.1) is 0 Å². The topological polar surface area (TPSA) is 32.3 Å². The number of nitrogens with zero attached hydrogens (tertiary/aromatic N) is 1. The fraction of sp³-hybridized carbons (Fsp3) is 0.316. The quantitative estimate of drug-likeness (QED) is 0.854. The largest absolute Gasteiger partial charge is 0.416 e. The number of carbonyl (C=O) groups is 1. The maximum atomic E-state index is 13.0. The molecule has 1 amide bonds. The van der Waals surface area contributed by atoms with Gasteiger partial charge in [0.2, 0.25) is 5.91 Å². The Bertz CT molecular complexity index is 701. The molecule has 1 N–H and O–H groups in total. The van der Waals surface area contributed by atoms with Crippen molar-refractivity contribution in [3.63, 3.8) is 0 Å². The van der Waals surface area contributed by atoms with Crippen molar-refractivity contribution in [3.05, 3.63) is 71.3 Å². The van der Waals surface area contributed by atoms with Crippen LogP contribution >= 0.6 is 0 Å². The van der Waals surface area contributed by atoms with E-state index in [0.717, 1.165) is 11.6 Å². The minimum Gasteiger partial charge on any atom is -0.348 e. The molecule has 25 heavy (non-hydrogen) atoms. The Hall–Kier alpha value is -2.34. The van der Waals surface area contributed by atoms with E-state index in [0.29, 0.717) is 0 Å². The predicted octanol–water partition coefficient (Wildman–Crippen LogP) is 4.01. The van der Waals surface area contributed by atoms with E-state index in [2.05, 4.69) is 5.32 Å². The molecule has 0 saturated heterocycles. The number of likely N-dealkylation sites (N-methyl/N-ethyl adjacent to an activating group) is 1. The van der Waals surface area contributed by atoms with Crippen molar-refractivity contribution >= 4 is 5.91 Å². The number of alkyl halides is 3. The van der Waals surface area contributed by atoms with Gasteiger partial charge >= 0.3 is 6.18 Å². The molecular formula is C19H21F3N2O. The second-order valence-electron chi connectivity index (χ2n) is 6.03. The number of halogens is 3. The highest BCUT2D eigenvalue weighted by atomic mass is 19.4. The second-order valence-corrected chi connectivity index (χ2v) is 6.03. The van der Waals surface area contributed by atoms with Crippen LogP contribution in [0.2, 0.25) is 0 Å². The SMILES string of the molecule is C[C@@H](NC(=O)CN(C)Cc1ccccc1C(F)(F)F)c1ccccc1. The average Bonchev–Trinajstić information content (AvgIpc) is 2.54. The fourth-order valence-corrected chi connectivity index (χ4v) is 2.64. The number of hydrogen-bond donors (Lipinski definition) is 1. The summed E-state index contributed by atoms with van der Waals surface area (Å²) >= 11 is 0. The zero-order valence-electron chi connectivity index (χ0n) is 14.2. The van der Waals surface area contributed by atoms with E-state index in [1.165, 1.54) is 12.1 Å². The maximum absolute atomic E-state index is 13.0. The van der Waals surface area contributed by atoms with E-state index in [4.69, 9.17) is 0 Å². The van der Waals surface area contributed by atoms with Crippen molar-refractivity contribution < 1.29 is 18.0 Å². The first kappa shape index (κ1) is 19.0. The highest BCUT2D eigenvalue weighted by molar-refractivity contribution is 5.78. The Labute approximate surface area is 145 Å². The Balaban J connectivity index is 1.94. The van der Waals surface area contributed by atoms with Crippen LogP contribution in [0.3, 0.4) is 0 Å². The molecule has 2 aromatic carbocycles. The molecule has 2 rings (SSSR count). The number of rotatable bonds is 6. The van der Waals surface area contributed by atoms with Gasteiger partial charge in [0.15, 0.2) is 0 Å². The summed E-state index contributed by atoms with van der Waals surface area (Å²) in [5, 5.41) is 2.85. The predicted molar refractivity (Wildman–Crippen MR) is 90.8 cm³/mol. The zero-order valence-corrected chi connectivity index (χ0v) is 14.2. The molecule has 0 unspecified atom stereocenters. The monoisotopic (exact) mass is 350 g/mol. The summed E-state index contributed by atoms with van der Waals surface area (Å²) < 4.78 is 39.1. The molecule has 0 heterocycles. The third-order valence-electron chi connectivity index (χ3n) is 3.85. The Morgan fingerprint density at radius 2 is 1.68 bits per heavy atom. The van der Waals surface area contributed by atoms with Gasteiger partial charge in [0.05, 0.1) is 18.2 Å². The van der Waals surface area contributed by atoms with Crippen molar-refractivity contribution in [1.82, 2.24) is 10.2 Å². The summed E-state index contributed by atoms with van der Waals surface area (Å²) in [6.45, 7) is 1.93. The molecule has 0 bridgehead atoms. The molecule has 0 aliphatic carbocycles. The molecule has 0 aliphatic heterocycles. The lowest BCUT2D eigenvalue weighted by molar-refractivity contribution is -0.138. The first-order valence-corrected chi connectivity index (χ1v) is 7.95. The van der Waals surface area contributed by atoms with Gasteiger partial charge in [-0.2, -0.15) is 13.2 Å². The first-order chi connectivity index (χ1) is 11.8. The van der Waals surface area contributed by atoms with E-state index in [1.807, 2.05) is 37.3 Å². The van der Waals surface area contributed by atoms with Crippen LogP contribution in [-0.4, -0.2) is 24.4 Å². The smallest absolute Gasteiger partial charge is 0.348 e. The van der Waals surface area contributed by atoms with Gasteiger partial charge in [-0.25, -0.2) is 0 Å². The third-order valence-corrected chi connectivity index (χ3v) is 3.85. The first-order valence-electron chi connectivity index (χ1n) is 7.95. The fourth-order valence-electron chi connectivity index (χ4n) is 2.64. The lowest BCUT2D eigenvalue weighted by atomic mass is 10.1. The molecule has 0 fully saturated rings. The summed E-state index contributed by atoms with van der Waals surface area (Å²) in [6, 6.07) is 14.7. The van der Waals surface area contributed by atoms with Crippen LogP contribution < -0.4 is 5.32 Å². The highest BCUT2D eigenvalue weighted by Gasteiger charge is 2.33. The van der Waals surface area contributed by atoms with Crippen molar-refractivity contribution in [2.45, 2.75) is 25.7 Å². The standard InChI is InChI=1S/C19H21F3N2O/c1-14(15-8-4-3-5-9-15)23-18(25)13-24(2)12-16-10-6-7-11-17(16)19(20,21)22/h3-11,14H,12-13H2,1-2H3,(H,23,25)/t14-/m1/s1. The molecule has 6 heteroatoms. The molecule has 2 aromatic rings. The van der Waals surface area contributed by atoms with Gasteiger partial charge in [0, 0.05) is 6.54 Å². The lowest BCUT2D eigenvalue weighted by Crippen LogP contribution is -2.36. The number of amides is 1. The normalized spacial score (nSPS) is 12.9. The van der Waals surface area contributed by atoms with E-state index < -0.39 is 11.7 Å². The van der Waals surface area contributed by atoms with E-state index in [1.54, 1.807) is 18.0 Å². The van der Waals surface area contributed by atoms with Gasteiger partial charge in [-0.05, 0) is 31.2 Å². The highest BCUT2D eigenvalue weighted by Crippen LogP contribution is 2.32. The van der Waals surface area contributed by atoms with Crippen molar-refractivity contribution in [2.75, 3.05) is 13.6 Å². The summed E-state index contributed by atoms with van der Waals surface area (Å²) in [5.74, 6) is -0.233. The Morgan fingerprint density at radius 1 is 1.08 bits per heavy atom. The molecule has 134 valence electrons. The molecule has 0 saturated carbocycles. The van der Waals surface area contributed by atoms with Crippen LogP contribution in [0.4, 0.5) is 13.2 Å². The molecule has 0 radical (unpaired) electrons. The number of hydrogen-bond acceptors (Lipinski definition) is 2. The molecule has 1 atom stereocenters. The van der Waals surface area contributed by atoms with Gasteiger partial charge in [-0.3, -0.25) is 9.69 Å². The molecule has 0 aromatic heterocycles. The Kier molecular flexibility index (Phi) is 6.20. The van der Waals surface area contributed by atoms with Crippen LogP contribution in [0.25, 0.3) is 0 Å². The Morgan fingerprint density at radius 3 is 2.32 bits per heavy atom. The number of nitrogens with one attached hydrogen (secondary N) is 1. The van der Waals surface area contributed by atoms with Gasteiger partial charge in [-0.1, -0.05) is 48.5 Å². The minimum absolute atomic E-state index is 0.0172. The number of benzene rings is 2. The summed E-state index contributed by atoms with van der Waals surface area (Å²) in [6.07, 6.45) is -4.40. The van der Waals surface area contributed by atoms with Crippen LogP contribution in [0.15, 0.2) is 54.6 Å².